The molecule has 4 nitrogen and oxygen atoms in total. The molecule has 1 aliphatic rings. The highest BCUT2D eigenvalue weighted by Gasteiger charge is 2.21. The molecule has 0 bridgehead atoms. The van der Waals surface area contributed by atoms with Gasteiger partial charge in [0, 0.05) is 23.2 Å². The highest BCUT2D eigenvalue weighted by molar-refractivity contribution is 6.01. The Morgan fingerprint density at radius 3 is 2.56 bits per heavy atom. The zero-order chi connectivity index (χ0) is 13.0. The Labute approximate surface area is 107 Å². The van der Waals surface area contributed by atoms with E-state index in [1.807, 2.05) is 0 Å². The summed E-state index contributed by atoms with van der Waals surface area (Å²) in [7, 11) is 0. The van der Waals surface area contributed by atoms with E-state index in [1.165, 1.54) is 0 Å². The molecule has 3 N–H and O–H groups in total. The molecule has 1 fully saturated rings. The van der Waals surface area contributed by atoms with Crippen LogP contribution >= 0.6 is 0 Å². The molecular formula is C14H18N2O2. The van der Waals surface area contributed by atoms with Crippen LogP contribution in [0, 0.1) is 0 Å². The maximum atomic E-state index is 12.1. The summed E-state index contributed by atoms with van der Waals surface area (Å²) in [5.41, 5.74) is 6.71. The van der Waals surface area contributed by atoms with Gasteiger partial charge in [0.2, 0.25) is 0 Å². The minimum Gasteiger partial charge on any atom is -0.349 e. The number of nitrogens with one attached hydrogen (secondary N) is 1. The van der Waals surface area contributed by atoms with E-state index >= 15 is 0 Å². The van der Waals surface area contributed by atoms with E-state index < -0.39 is 0 Å². The van der Waals surface area contributed by atoms with Crippen molar-refractivity contribution in [3.05, 3.63) is 35.4 Å². The van der Waals surface area contributed by atoms with Crippen LogP contribution in [0.1, 0.15) is 46.4 Å². The van der Waals surface area contributed by atoms with Gasteiger partial charge in [-0.1, -0.05) is 18.2 Å². The van der Waals surface area contributed by atoms with Gasteiger partial charge in [0.25, 0.3) is 5.91 Å². The molecule has 1 aromatic rings. The van der Waals surface area contributed by atoms with Crippen molar-refractivity contribution in [2.45, 2.75) is 37.8 Å². The molecule has 1 amide bonds. The predicted molar refractivity (Wildman–Crippen MR) is 69.5 cm³/mol. The number of carbonyl (C=O) groups excluding carboxylic acids is 2. The fourth-order valence-electron chi connectivity index (χ4n) is 2.33. The fourth-order valence-corrected chi connectivity index (χ4v) is 2.33. The van der Waals surface area contributed by atoms with Crippen molar-refractivity contribution in [1.82, 2.24) is 5.32 Å². The van der Waals surface area contributed by atoms with Crippen LogP contribution in [0.15, 0.2) is 24.3 Å². The van der Waals surface area contributed by atoms with Gasteiger partial charge in [0.05, 0.1) is 0 Å². The summed E-state index contributed by atoms with van der Waals surface area (Å²) in [4.78, 5) is 22.9. The summed E-state index contributed by atoms with van der Waals surface area (Å²) in [5, 5.41) is 2.98. The van der Waals surface area contributed by atoms with Gasteiger partial charge < -0.3 is 11.1 Å². The molecule has 0 heterocycles. The van der Waals surface area contributed by atoms with Gasteiger partial charge in [-0.2, -0.15) is 0 Å². The van der Waals surface area contributed by atoms with Crippen LogP contribution in [-0.4, -0.2) is 24.3 Å². The topological polar surface area (TPSA) is 72.2 Å². The number of amides is 1. The van der Waals surface area contributed by atoms with Crippen LogP contribution in [0.2, 0.25) is 0 Å². The van der Waals surface area contributed by atoms with Crippen molar-refractivity contribution in [1.29, 1.82) is 0 Å². The minimum atomic E-state index is -0.168. The van der Waals surface area contributed by atoms with Gasteiger partial charge in [-0.25, -0.2) is 0 Å². The van der Waals surface area contributed by atoms with E-state index in [9.17, 15) is 9.59 Å². The second-order valence-corrected chi connectivity index (χ2v) is 4.79. The first-order chi connectivity index (χ1) is 8.70. The summed E-state index contributed by atoms with van der Waals surface area (Å²) >= 11 is 0. The van der Waals surface area contributed by atoms with Crippen molar-refractivity contribution in [3.63, 3.8) is 0 Å². The van der Waals surface area contributed by atoms with Crippen molar-refractivity contribution in [3.8, 4) is 0 Å². The van der Waals surface area contributed by atoms with E-state index in [1.54, 1.807) is 24.3 Å². The molecule has 2 rings (SSSR count). The van der Waals surface area contributed by atoms with Crippen molar-refractivity contribution < 1.29 is 9.59 Å². The lowest BCUT2D eigenvalue weighted by molar-refractivity contribution is 0.0921. The molecule has 0 aliphatic heterocycles. The van der Waals surface area contributed by atoms with Crippen LogP contribution in [0.25, 0.3) is 0 Å². The number of hydrogen-bond donors (Lipinski definition) is 2. The number of aldehydes is 1. The Morgan fingerprint density at radius 1 is 1.22 bits per heavy atom. The van der Waals surface area contributed by atoms with E-state index in [0.29, 0.717) is 17.4 Å². The quantitative estimate of drug-likeness (QED) is 0.794. The van der Waals surface area contributed by atoms with Gasteiger partial charge >= 0.3 is 0 Å². The third-order valence-electron chi connectivity index (χ3n) is 3.44. The zero-order valence-electron chi connectivity index (χ0n) is 10.3. The molecule has 18 heavy (non-hydrogen) atoms. The van der Waals surface area contributed by atoms with Gasteiger partial charge in [0.1, 0.15) is 0 Å². The van der Waals surface area contributed by atoms with Gasteiger partial charge in [-0.15, -0.1) is 0 Å². The molecule has 0 spiro atoms. The number of hydrogen-bond acceptors (Lipinski definition) is 3. The van der Waals surface area contributed by atoms with Crippen molar-refractivity contribution in [2.24, 2.45) is 5.73 Å². The molecule has 0 unspecified atom stereocenters. The second-order valence-electron chi connectivity index (χ2n) is 4.79. The van der Waals surface area contributed by atoms with Gasteiger partial charge in [-0.3, -0.25) is 9.59 Å². The number of rotatable bonds is 3. The number of benzene rings is 1. The smallest absolute Gasteiger partial charge is 0.252 e. The maximum Gasteiger partial charge on any atom is 0.252 e. The molecule has 0 saturated heterocycles. The molecule has 96 valence electrons. The summed E-state index contributed by atoms with van der Waals surface area (Å²) < 4.78 is 0. The fraction of sp³-hybridized carbons (Fsp3) is 0.429. The lowest BCUT2D eigenvalue weighted by atomic mass is 9.91. The summed E-state index contributed by atoms with van der Waals surface area (Å²) in [6.07, 6.45) is 4.43. The Hall–Kier alpha value is -1.68. The van der Waals surface area contributed by atoms with Crippen LogP contribution in [-0.2, 0) is 0 Å². The molecule has 1 aliphatic carbocycles. The minimum absolute atomic E-state index is 0.168. The highest BCUT2D eigenvalue weighted by Crippen LogP contribution is 2.17. The third-order valence-corrected chi connectivity index (χ3v) is 3.44. The van der Waals surface area contributed by atoms with E-state index in [2.05, 4.69) is 5.32 Å². The average Bonchev–Trinajstić information content (AvgIpc) is 2.41. The molecule has 0 atom stereocenters. The molecular weight excluding hydrogens is 228 g/mol. The van der Waals surface area contributed by atoms with Crippen LogP contribution < -0.4 is 11.1 Å². The molecule has 4 heteroatoms. The number of nitrogens with two attached hydrogens (primary N) is 1. The summed E-state index contributed by atoms with van der Waals surface area (Å²) in [6.45, 7) is 0. The van der Waals surface area contributed by atoms with E-state index in [0.717, 1.165) is 25.7 Å². The maximum absolute atomic E-state index is 12.1. The first-order valence-electron chi connectivity index (χ1n) is 6.31. The SMILES string of the molecule is NC1CCC(NC(=O)c2ccccc2C=O)CC1. The van der Waals surface area contributed by atoms with Crippen LogP contribution in [0.5, 0.6) is 0 Å². The standard InChI is InChI=1S/C14H18N2O2/c15-11-5-7-12(8-6-11)16-14(18)13-4-2-1-3-10(13)9-17/h1-4,9,11-12H,5-8,15H2,(H,16,18). The predicted octanol–water partition coefficient (Wildman–Crippen LogP) is 1.50. The normalized spacial score (nSPS) is 23.4. The summed E-state index contributed by atoms with van der Waals surface area (Å²) in [6, 6.07) is 7.28. The molecule has 0 radical (unpaired) electrons. The average molecular weight is 246 g/mol. The van der Waals surface area contributed by atoms with E-state index in [4.69, 9.17) is 5.73 Å². The highest BCUT2D eigenvalue weighted by atomic mass is 16.2. The van der Waals surface area contributed by atoms with E-state index in [-0.39, 0.29) is 18.0 Å². The Morgan fingerprint density at radius 2 is 1.89 bits per heavy atom. The lowest BCUT2D eigenvalue weighted by Crippen LogP contribution is -2.40. The van der Waals surface area contributed by atoms with Crippen molar-refractivity contribution >= 4 is 12.2 Å². The molecule has 0 aromatic heterocycles. The molecule has 1 saturated carbocycles. The second kappa shape index (κ2) is 5.78. The van der Waals surface area contributed by atoms with Gasteiger partial charge in [-0.05, 0) is 31.7 Å². The van der Waals surface area contributed by atoms with Crippen LogP contribution in [0.3, 0.4) is 0 Å². The zero-order valence-corrected chi connectivity index (χ0v) is 10.3. The van der Waals surface area contributed by atoms with Crippen LogP contribution in [0.4, 0.5) is 0 Å². The lowest BCUT2D eigenvalue weighted by Gasteiger charge is -2.26. The van der Waals surface area contributed by atoms with Gasteiger partial charge in [0.15, 0.2) is 6.29 Å². The first kappa shape index (κ1) is 12.8. The largest absolute Gasteiger partial charge is 0.349 e. The summed E-state index contributed by atoms with van der Waals surface area (Å²) in [5.74, 6) is -0.168. The Balaban J connectivity index is 2.01. The third kappa shape index (κ3) is 2.96. The Kier molecular flexibility index (Phi) is 4.10. The first-order valence-corrected chi connectivity index (χ1v) is 6.31. The monoisotopic (exact) mass is 246 g/mol. The number of carbonyl (C=O) groups is 2. The van der Waals surface area contributed by atoms with Crippen molar-refractivity contribution in [2.75, 3.05) is 0 Å². The molecule has 1 aromatic carbocycles. The Bertz CT molecular complexity index is 437.